The maximum absolute atomic E-state index is 14.1. The van der Waals surface area contributed by atoms with E-state index in [-0.39, 0.29) is 17.2 Å². The first-order chi connectivity index (χ1) is 10.8. The van der Waals surface area contributed by atoms with Crippen LogP contribution in [0.2, 0.25) is 0 Å². The van der Waals surface area contributed by atoms with E-state index < -0.39 is 17.3 Å². The number of H-pyrrole nitrogens is 1. The number of aliphatic imine (C=N–C) groups is 1. The molecule has 2 aromatic rings. The molecule has 1 aliphatic heterocycles. The summed E-state index contributed by atoms with van der Waals surface area (Å²) < 4.78 is 42.2. The third-order valence-electron chi connectivity index (χ3n) is 3.78. The molecule has 1 aromatic carbocycles. The highest BCUT2D eigenvalue weighted by Gasteiger charge is 2.62. The molecule has 2 heterocycles. The quantitative estimate of drug-likeness (QED) is 0.755. The number of aromatic nitrogens is 1. The van der Waals surface area contributed by atoms with Crippen LogP contribution in [0, 0.1) is 11.3 Å². The molecule has 0 saturated carbocycles. The summed E-state index contributed by atoms with van der Waals surface area (Å²) in [7, 11) is 0. The normalized spacial score (nSPS) is 21.8. The predicted octanol–water partition coefficient (Wildman–Crippen LogP) is 2.64. The Morgan fingerprint density at radius 2 is 2.00 bits per heavy atom. The van der Waals surface area contributed by atoms with Crippen LogP contribution in [-0.2, 0) is 5.54 Å². The highest BCUT2D eigenvalue weighted by Crippen LogP contribution is 2.51. The first-order valence-electron chi connectivity index (χ1n) is 6.68. The molecule has 8 heteroatoms. The molecule has 1 aromatic heterocycles. The van der Waals surface area contributed by atoms with Gasteiger partial charge in [0.05, 0.1) is 0 Å². The Morgan fingerprint density at radius 1 is 1.30 bits per heavy atom. The largest absolute Gasteiger partial charge is 0.423 e. The molecule has 118 valence electrons. The van der Waals surface area contributed by atoms with Crippen LogP contribution in [0.3, 0.4) is 0 Å². The zero-order valence-corrected chi connectivity index (χ0v) is 12.0. The van der Waals surface area contributed by atoms with Crippen molar-refractivity contribution in [2.45, 2.75) is 18.6 Å². The maximum atomic E-state index is 14.1. The smallest absolute Gasteiger partial charge is 0.384 e. The highest BCUT2D eigenvalue weighted by atomic mass is 19.4. The SMILES string of the molecule is CC1=NC(c2c[nH]c3ccccc23)(C(F)(F)F)C(C#N)=C(N)N1. The Bertz CT molecular complexity index is 884. The second-order valence-corrected chi connectivity index (χ2v) is 5.18. The minimum Gasteiger partial charge on any atom is -0.384 e. The third-order valence-corrected chi connectivity index (χ3v) is 3.78. The van der Waals surface area contributed by atoms with E-state index in [1.54, 1.807) is 30.3 Å². The van der Waals surface area contributed by atoms with Crippen LogP contribution in [-0.4, -0.2) is 17.0 Å². The molecule has 1 atom stereocenters. The van der Waals surface area contributed by atoms with E-state index in [2.05, 4.69) is 15.3 Å². The third kappa shape index (κ3) is 1.97. The summed E-state index contributed by atoms with van der Waals surface area (Å²) in [6.07, 6.45) is -3.61. The number of para-hydroxylation sites is 1. The number of nitrogens with zero attached hydrogens (tertiary/aromatic N) is 2. The van der Waals surface area contributed by atoms with Crippen LogP contribution in [0.4, 0.5) is 13.2 Å². The first-order valence-corrected chi connectivity index (χ1v) is 6.68. The van der Waals surface area contributed by atoms with E-state index in [9.17, 15) is 18.4 Å². The molecule has 1 unspecified atom stereocenters. The van der Waals surface area contributed by atoms with Crippen LogP contribution in [0.25, 0.3) is 10.9 Å². The lowest BCUT2D eigenvalue weighted by molar-refractivity contribution is -0.176. The van der Waals surface area contributed by atoms with Crippen molar-refractivity contribution in [1.82, 2.24) is 10.3 Å². The number of nitriles is 1. The van der Waals surface area contributed by atoms with E-state index in [0.29, 0.717) is 10.9 Å². The average molecular weight is 319 g/mol. The van der Waals surface area contributed by atoms with Crippen LogP contribution in [0.1, 0.15) is 12.5 Å². The topological polar surface area (TPSA) is 90.0 Å². The van der Waals surface area contributed by atoms with Gasteiger partial charge in [-0.15, -0.1) is 0 Å². The molecule has 0 bridgehead atoms. The summed E-state index contributed by atoms with van der Waals surface area (Å²) in [5.41, 5.74) is 2.53. The molecule has 0 spiro atoms. The summed E-state index contributed by atoms with van der Waals surface area (Å²) in [6.45, 7) is 1.37. The number of nitrogens with one attached hydrogen (secondary N) is 2. The molecule has 23 heavy (non-hydrogen) atoms. The van der Waals surface area contributed by atoms with Gasteiger partial charge in [-0.05, 0) is 13.0 Å². The molecule has 0 fully saturated rings. The van der Waals surface area contributed by atoms with Gasteiger partial charge in [0.2, 0.25) is 5.54 Å². The summed E-state index contributed by atoms with van der Waals surface area (Å²) in [5.74, 6) is -0.355. The molecule has 0 aliphatic carbocycles. The molecule has 0 radical (unpaired) electrons. The van der Waals surface area contributed by atoms with Crippen LogP contribution >= 0.6 is 0 Å². The van der Waals surface area contributed by atoms with Crippen molar-refractivity contribution in [2.24, 2.45) is 10.7 Å². The van der Waals surface area contributed by atoms with E-state index >= 15 is 0 Å². The molecule has 5 nitrogen and oxygen atoms in total. The minimum absolute atomic E-state index is 0.0101. The molecule has 1 aliphatic rings. The fourth-order valence-corrected chi connectivity index (χ4v) is 2.85. The van der Waals surface area contributed by atoms with Gasteiger partial charge in [-0.2, -0.15) is 18.4 Å². The summed E-state index contributed by atoms with van der Waals surface area (Å²) in [5, 5.41) is 12.1. The fraction of sp³-hybridized carbons (Fsp3) is 0.200. The highest BCUT2D eigenvalue weighted by molar-refractivity contribution is 5.89. The number of aromatic amines is 1. The molecular weight excluding hydrogens is 307 g/mol. The van der Waals surface area contributed by atoms with Gasteiger partial charge in [-0.3, -0.25) is 0 Å². The molecule has 0 saturated heterocycles. The molecule has 3 rings (SSSR count). The molecular formula is C15H12F3N5. The minimum atomic E-state index is -4.84. The fourth-order valence-electron chi connectivity index (χ4n) is 2.85. The van der Waals surface area contributed by atoms with Crippen molar-refractivity contribution in [1.29, 1.82) is 5.26 Å². The standard InChI is InChI=1S/C15H12F3N5/c1-8-22-13(20)10(6-19)14(23-8,15(16,17)18)11-7-21-12-5-3-2-4-9(11)12/h2-5,7,21H,20H2,1H3,(H,22,23). The van der Waals surface area contributed by atoms with Gasteiger partial charge in [0.15, 0.2) is 0 Å². The monoisotopic (exact) mass is 319 g/mol. The summed E-state index contributed by atoms with van der Waals surface area (Å²) >= 11 is 0. The number of benzene rings is 1. The van der Waals surface area contributed by atoms with Crippen LogP contribution < -0.4 is 11.1 Å². The molecule has 4 N–H and O–H groups in total. The average Bonchev–Trinajstić information content (AvgIpc) is 2.89. The summed E-state index contributed by atoms with van der Waals surface area (Å²) in [6, 6.07) is 8.11. The number of halogens is 3. The lowest BCUT2D eigenvalue weighted by Gasteiger charge is -2.35. The summed E-state index contributed by atoms with van der Waals surface area (Å²) in [4.78, 5) is 6.57. The molecule has 0 amide bonds. The number of fused-ring (bicyclic) bond motifs is 1. The lowest BCUT2D eigenvalue weighted by Crippen LogP contribution is -2.49. The lowest BCUT2D eigenvalue weighted by atomic mass is 9.81. The van der Waals surface area contributed by atoms with Crippen molar-refractivity contribution in [3.05, 3.63) is 47.4 Å². The van der Waals surface area contributed by atoms with Gasteiger partial charge < -0.3 is 16.0 Å². The van der Waals surface area contributed by atoms with Crippen molar-refractivity contribution in [3.63, 3.8) is 0 Å². The number of hydrogen-bond acceptors (Lipinski definition) is 4. The number of alkyl halides is 3. The van der Waals surface area contributed by atoms with E-state index in [1.807, 2.05) is 0 Å². The van der Waals surface area contributed by atoms with Gasteiger partial charge in [-0.1, -0.05) is 18.2 Å². The van der Waals surface area contributed by atoms with Gasteiger partial charge in [-0.25, -0.2) is 4.99 Å². The van der Waals surface area contributed by atoms with Crippen LogP contribution in [0.5, 0.6) is 0 Å². The predicted molar refractivity (Wildman–Crippen MR) is 79.1 cm³/mol. The Labute approximate surface area is 129 Å². The van der Waals surface area contributed by atoms with Gasteiger partial charge in [0.25, 0.3) is 0 Å². The van der Waals surface area contributed by atoms with Crippen molar-refractivity contribution in [2.75, 3.05) is 0 Å². The van der Waals surface area contributed by atoms with Crippen LogP contribution in [0.15, 0.2) is 46.8 Å². The van der Waals surface area contributed by atoms with E-state index in [1.165, 1.54) is 13.1 Å². The second kappa shape index (κ2) is 4.78. The van der Waals surface area contributed by atoms with Crippen molar-refractivity contribution in [3.8, 4) is 6.07 Å². The Balaban J connectivity index is 2.44. The Hall–Kier alpha value is -2.95. The van der Waals surface area contributed by atoms with Crippen molar-refractivity contribution >= 4 is 16.7 Å². The van der Waals surface area contributed by atoms with Crippen molar-refractivity contribution < 1.29 is 13.2 Å². The van der Waals surface area contributed by atoms with Gasteiger partial charge >= 0.3 is 6.18 Å². The number of rotatable bonds is 1. The zero-order valence-electron chi connectivity index (χ0n) is 12.0. The van der Waals surface area contributed by atoms with Gasteiger partial charge in [0.1, 0.15) is 23.3 Å². The Morgan fingerprint density at radius 3 is 2.65 bits per heavy atom. The second-order valence-electron chi connectivity index (χ2n) is 5.18. The zero-order chi connectivity index (χ0) is 16.8. The van der Waals surface area contributed by atoms with E-state index in [0.717, 1.165) is 0 Å². The number of nitrogens with two attached hydrogens (primary N) is 1. The maximum Gasteiger partial charge on any atom is 0.423 e. The van der Waals surface area contributed by atoms with Gasteiger partial charge in [0, 0.05) is 22.7 Å². The number of hydrogen-bond donors (Lipinski definition) is 3. The first kappa shape index (κ1) is 15.0. The van der Waals surface area contributed by atoms with E-state index in [4.69, 9.17) is 5.73 Å². The number of amidine groups is 1. The Kier molecular flexibility index (Phi) is 3.11.